The molecule has 5 rings (SSSR count). The Bertz CT molecular complexity index is 1270. The van der Waals surface area contributed by atoms with Crippen molar-refractivity contribution >= 4 is 46.0 Å². The Labute approximate surface area is 206 Å². The number of para-hydroxylation sites is 2. The molecule has 0 bridgehead atoms. The van der Waals surface area contributed by atoms with Gasteiger partial charge in [-0.2, -0.15) is 10.1 Å². The lowest BCUT2D eigenvalue weighted by Crippen LogP contribution is -2.25. The Hall–Kier alpha value is -3.92. The lowest BCUT2D eigenvalue weighted by atomic mass is 10.1. The van der Waals surface area contributed by atoms with Gasteiger partial charge in [0.1, 0.15) is 5.25 Å². The molecule has 3 heterocycles. The van der Waals surface area contributed by atoms with Crippen LogP contribution in [0.3, 0.4) is 0 Å². The summed E-state index contributed by atoms with van der Waals surface area (Å²) in [6.07, 6.45) is 5.73. The number of amides is 3. The molecule has 0 radical (unpaired) electrons. The first-order valence-corrected chi connectivity index (χ1v) is 12.3. The molecular formula is C25H24N6O3S. The molecule has 1 unspecified atom stereocenters. The van der Waals surface area contributed by atoms with Gasteiger partial charge in [0.25, 0.3) is 11.8 Å². The van der Waals surface area contributed by atoms with Gasteiger partial charge >= 0.3 is 0 Å². The fourth-order valence-corrected chi connectivity index (χ4v) is 5.14. The molecule has 2 aliphatic rings. The summed E-state index contributed by atoms with van der Waals surface area (Å²) in [5, 5.41) is 10.2. The summed E-state index contributed by atoms with van der Waals surface area (Å²) in [6, 6.07) is 15.8. The number of hydrogen-bond acceptors (Lipinski definition) is 6. The minimum absolute atomic E-state index is 0.0524. The van der Waals surface area contributed by atoms with Gasteiger partial charge in [-0.1, -0.05) is 23.9 Å². The third-order valence-electron chi connectivity index (χ3n) is 5.81. The van der Waals surface area contributed by atoms with Crippen molar-refractivity contribution in [2.45, 2.75) is 24.5 Å². The third kappa shape index (κ3) is 5.27. The van der Waals surface area contributed by atoms with E-state index >= 15 is 0 Å². The standard InChI is InChI=1S/C25H24N6O3S/c32-22(16-21-24(34)29-25(35-21)30-13-3-4-14-30)27-18-10-8-17(9-11-18)23(33)28-19-6-1-2-7-20(19)31-15-5-12-26-31/h1-2,5-12,15,21H,3-4,13-14,16H2,(H,27,32)(H,28,33). The van der Waals surface area contributed by atoms with Crippen molar-refractivity contribution in [2.75, 3.05) is 23.7 Å². The molecule has 9 nitrogen and oxygen atoms in total. The molecule has 35 heavy (non-hydrogen) atoms. The van der Waals surface area contributed by atoms with Crippen LogP contribution in [0.2, 0.25) is 0 Å². The second kappa shape index (κ2) is 10.1. The zero-order valence-electron chi connectivity index (χ0n) is 18.9. The van der Waals surface area contributed by atoms with Gasteiger partial charge in [0.2, 0.25) is 5.91 Å². The van der Waals surface area contributed by atoms with Crippen LogP contribution in [0.25, 0.3) is 5.69 Å². The Morgan fingerprint density at radius 2 is 1.77 bits per heavy atom. The SMILES string of the molecule is O=C(CC1SC(N2CCCC2)=NC1=O)Nc1ccc(C(=O)Nc2ccccc2-n2cccn2)cc1. The van der Waals surface area contributed by atoms with E-state index in [1.54, 1.807) is 41.3 Å². The summed E-state index contributed by atoms with van der Waals surface area (Å²) in [4.78, 5) is 43.8. The average molecular weight is 489 g/mol. The molecule has 0 saturated carbocycles. The number of carbonyl (C=O) groups excluding carboxylic acids is 3. The van der Waals surface area contributed by atoms with Crippen molar-refractivity contribution in [3.05, 3.63) is 72.6 Å². The lowest BCUT2D eigenvalue weighted by molar-refractivity contribution is -0.121. The van der Waals surface area contributed by atoms with Crippen LogP contribution in [0.1, 0.15) is 29.6 Å². The molecule has 3 amide bonds. The van der Waals surface area contributed by atoms with E-state index in [-0.39, 0.29) is 24.1 Å². The molecule has 0 spiro atoms. The predicted octanol–water partition coefficient (Wildman–Crippen LogP) is 3.55. The zero-order valence-corrected chi connectivity index (χ0v) is 19.7. The van der Waals surface area contributed by atoms with Crippen molar-refractivity contribution in [1.82, 2.24) is 14.7 Å². The monoisotopic (exact) mass is 488 g/mol. The number of carbonyl (C=O) groups is 3. The van der Waals surface area contributed by atoms with Gasteiger partial charge in [-0.15, -0.1) is 0 Å². The fourth-order valence-electron chi connectivity index (χ4n) is 4.02. The number of anilines is 2. The van der Waals surface area contributed by atoms with E-state index in [2.05, 4.69) is 25.6 Å². The van der Waals surface area contributed by atoms with Gasteiger partial charge in [0, 0.05) is 43.2 Å². The predicted molar refractivity (Wildman–Crippen MR) is 136 cm³/mol. The second-order valence-electron chi connectivity index (χ2n) is 8.28. The van der Waals surface area contributed by atoms with Gasteiger partial charge in [-0.05, 0) is 55.3 Å². The number of rotatable bonds is 6. The maximum absolute atomic E-state index is 12.8. The highest BCUT2D eigenvalue weighted by Gasteiger charge is 2.33. The van der Waals surface area contributed by atoms with Gasteiger partial charge in [-0.25, -0.2) is 4.68 Å². The fraction of sp³-hybridized carbons (Fsp3) is 0.240. The molecule has 1 atom stereocenters. The number of nitrogens with one attached hydrogen (secondary N) is 2. The maximum Gasteiger partial charge on any atom is 0.262 e. The molecule has 10 heteroatoms. The summed E-state index contributed by atoms with van der Waals surface area (Å²) in [7, 11) is 0. The summed E-state index contributed by atoms with van der Waals surface area (Å²) in [5.41, 5.74) is 2.39. The highest BCUT2D eigenvalue weighted by Crippen LogP contribution is 2.29. The molecule has 2 aromatic carbocycles. The highest BCUT2D eigenvalue weighted by atomic mass is 32.2. The number of aromatic nitrogens is 2. The van der Waals surface area contributed by atoms with Crippen LogP contribution in [0, 0.1) is 0 Å². The number of benzene rings is 2. The Balaban J connectivity index is 1.16. The van der Waals surface area contributed by atoms with Crippen LogP contribution in [-0.4, -0.2) is 55.9 Å². The van der Waals surface area contributed by atoms with Crippen LogP contribution in [0.5, 0.6) is 0 Å². The number of hydrogen-bond donors (Lipinski definition) is 2. The normalized spacial score (nSPS) is 17.4. The van der Waals surface area contributed by atoms with Crippen molar-refractivity contribution < 1.29 is 14.4 Å². The molecule has 178 valence electrons. The van der Waals surface area contributed by atoms with E-state index in [0.717, 1.165) is 36.8 Å². The summed E-state index contributed by atoms with van der Waals surface area (Å²) in [5.74, 6) is -0.796. The number of likely N-dealkylation sites (tertiary alicyclic amines) is 1. The highest BCUT2D eigenvalue weighted by molar-refractivity contribution is 8.15. The summed E-state index contributed by atoms with van der Waals surface area (Å²) < 4.78 is 1.68. The lowest BCUT2D eigenvalue weighted by Gasteiger charge is -2.16. The average Bonchev–Trinajstić information content (AvgIpc) is 3.63. The molecular weight excluding hydrogens is 464 g/mol. The van der Waals surface area contributed by atoms with Gasteiger partial charge < -0.3 is 15.5 Å². The van der Waals surface area contributed by atoms with Crippen molar-refractivity contribution in [3.63, 3.8) is 0 Å². The van der Waals surface area contributed by atoms with E-state index < -0.39 is 5.25 Å². The van der Waals surface area contributed by atoms with E-state index in [1.807, 2.05) is 30.3 Å². The first-order valence-electron chi connectivity index (χ1n) is 11.4. The first kappa shape index (κ1) is 22.9. The van der Waals surface area contributed by atoms with Crippen molar-refractivity contribution in [3.8, 4) is 5.69 Å². The first-order chi connectivity index (χ1) is 17.1. The van der Waals surface area contributed by atoms with E-state index in [0.29, 0.717) is 16.9 Å². The number of amidine groups is 1. The topological polar surface area (TPSA) is 109 Å². The minimum Gasteiger partial charge on any atom is -0.351 e. The Morgan fingerprint density at radius 3 is 2.51 bits per heavy atom. The van der Waals surface area contributed by atoms with Crippen molar-refractivity contribution in [1.29, 1.82) is 0 Å². The van der Waals surface area contributed by atoms with E-state index in [9.17, 15) is 14.4 Å². The summed E-state index contributed by atoms with van der Waals surface area (Å²) >= 11 is 1.37. The quantitative estimate of drug-likeness (QED) is 0.549. The molecule has 1 aromatic heterocycles. The zero-order chi connectivity index (χ0) is 24.2. The van der Waals surface area contributed by atoms with Crippen LogP contribution >= 0.6 is 11.8 Å². The molecule has 0 aliphatic carbocycles. The largest absolute Gasteiger partial charge is 0.351 e. The van der Waals surface area contributed by atoms with Crippen LogP contribution in [-0.2, 0) is 9.59 Å². The number of aliphatic imine (C=N–C) groups is 1. The molecule has 3 aromatic rings. The van der Waals surface area contributed by atoms with E-state index in [1.165, 1.54) is 11.8 Å². The molecule has 1 fully saturated rings. The van der Waals surface area contributed by atoms with Gasteiger partial charge in [-0.3, -0.25) is 14.4 Å². The molecule has 2 aliphatic heterocycles. The molecule has 2 N–H and O–H groups in total. The van der Waals surface area contributed by atoms with Crippen LogP contribution in [0.4, 0.5) is 11.4 Å². The van der Waals surface area contributed by atoms with Gasteiger partial charge in [0.15, 0.2) is 5.17 Å². The Kier molecular flexibility index (Phi) is 6.62. The number of thioether (sulfide) groups is 1. The number of nitrogens with zero attached hydrogens (tertiary/aromatic N) is 4. The van der Waals surface area contributed by atoms with Gasteiger partial charge in [0.05, 0.1) is 11.4 Å². The van der Waals surface area contributed by atoms with Crippen molar-refractivity contribution in [2.24, 2.45) is 4.99 Å². The van der Waals surface area contributed by atoms with Crippen LogP contribution in [0.15, 0.2) is 72.0 Å². The minimum atomic E-state index is -0.495. The third-order valence-corrected chi connectivity index (χ3v) is 7.02. The van der Waals surface area contributed by atoms with Crippen LogP contribution < -0.4 is 10.6 Å². The second-order valence-corrected chi connectivity index (χ2v) is 9.45. The molecule has 1 saturated heterocycles. The van der Waals surface area contributed by atoms with E-state index in [4.69, 9.17) is 0 Å². The maximum atomic E-state index is 12.8. The smallest absolute Gasteiger partial charge is 0.262 e. The Morgan fingerprint density at radius 1 is 1.00 bits per heavy atom. The summed E-state index contributed by atoms with van der Waals surface area (Å²) in [6.45, 7) is 1.82.